The second-order valence-electron chi connectivity index (χ2n) is 8.03. The smallest absolute Gasteiger partial charge is 0.355 e. The van der Waals surface area contributed by atoms with Crippen molar-refractivity contribution in [1.82, 2.24) is 9.97 Å². The number of pyridine rings is 2. The Hall–Kier alpha value is -2.83. The van der Waals surface area contributed by atoms with E-state index in [4.69, 9.17) is 4.78 Å². The van der Waals surface area contributed by atoms with E-state index in [2.05, 4.69) is 15.3 Å². The number of aromatic nitrogens is 2. The van der Waals surface area contributed by atoms with Crippen LogP contribution in [0.15, 0.2) is 29.6 Å². The maximum atomic E-state index is 13.9. The van der Waals surface area contributed by atoms with Crippen molar-refractivity contribution in [3.05, 3.63) is 41.2 Å². The van der Waals surface area contributed by atoms with E-state index < -0.39 is 56.8 Å². The molecule has 2 N–H and O–H groups in total. The number of hydrogen-bond donors (Lipinski definition) is 2. The number of hydrogen-bond acceptors (Lipinski definition) is 6. The highest BCUT2D eigenvalue weighted by atomic mass is 32.2. The van der Waals surface area contributed by atoms with Gasteiger partial charge in [-0.2, -0.15) is 13.2 Å². The van der Waals surface area contributed by atoms with Crippen molar-refractivity contribution < 1.29 is 31.0 Å². The molecule has 1 aliphatic heterocycles. The minimum absolute atomic E-state index is 0.0631. The molecule has 1 fully saturated rings. The molecule has 180 valence electrons. The normalized spacial score (nSPS) is 20.2. The Labute approximate surface area is 187 Å². The highest BCUT2D eigenvalue weighted by Crippen LogP contribution is 2.39. The lowest BCUT2D eigenvalue weighted by Crippen LogP contribution is -2.47. The van der Waals surface area contributed by atoms with E-state index >= 15 is 0 Å². The van der Waals surface area contributed by atoms with Gasteiger partial charge >= 0.3 is 6.18 Å². The van der Waals surface area contributed by atoms with Crippen molar-refractivity contribution in [3.8, 4) is 0 Å². The number of carbonyl (C=O) groups excluding carboxylic acids is 1. The van der Waals surface area contributed by atoms with E-state index in [1.165, 1.54) is 30.2 Å². The molecular weight excluding hydrogens is 469 g/mol. The number of alkyl halides is 5. The summed E-state index contributed by atoms with van der Waals surface area (Å²) in [5.74, 6) is -5.11. The van der Waals surface area contributed by atoms with Crippen LogP contribution in [0.25, 0.3) is 0 Å². The van der Waals surface area contributed by atoms with Gasteiger partial charge in [0.05, 0.1) is 20.9 Å². The van der Waals surface area contributed by atoms with E-state index in [1.807, 2.05) is 0 Å². The number of nitrogens with zero attached hydrogens (tertiary/aromatic N) is 3. The summed E-state index contributed by atoms with van der Waals surface area (Å²) in [5.41, 5.74) is -1.86. The second kappa shape index (κ2) is 8.50. The Bertz CT molecular complexity index is 1180. The summed E-state index contributed by atoms with van der Waals surface area (Å²) in [5, 5.41) is 2.31. The number of rotatable bonds is 4. The highest BCUT2D eigenvalue weighted by molar-refractivity contribution is 7.91. The number of carbonyl (C=O) groups is 1. The fourth-order valence-electron chi connectivity index (χ4n) is 3.56. The summed E-state index contributed by atoms with van der Waals surface area (Å²) in [6.45, 7) is 2.06. The third kappa shape index (κ3) is 5.23. The zero-order chi connectivity index (χ0) is 24.8. The quantitative estimate of drug-likeness (QED) is 0.611. The van der Waals surface area contributed by atoms with Gasteiger partial charge < -0.3 is 10.2 Å². The molecule has 0 aliphatic carbocycles. The molecule has 2 aromatic rings. The summed E-state index contributed by atoms with van der Waals surface area (Å²) < 4.78 is 87.9. The van der Waals surface area contributed by atoms with Crippen LogP contribution in [0.5, 0.6) is 0 Å². The lowest BCUT2D eigenvalue weighted by atomic mass is 9.94. The molecule has 13 heteroatoms. The van der Waals surface area contributed by atoms with Crippen LogP contribution in [0.4, 0.5) is 33.5 Å². The average molecular weight is 491 g/mol. The van der Waals surface area contributed by atoms with Crippen molar-refractivity contribution in [2.24, 2.45) is 5.92 Å². The fraction of sp³-hybridized carbons (Fsp3) is 0.450. The maximum absolute atomic E-state index is 13.9. The van der Waals surface area contributed by atoms with Gasteiger partial charge in [0.1, 0.15) is 10.8 Å². The molecule has 0 spiro atoms. The van der Waals surface area contributed by atoms with Gasteiger partial charge in [-0.05, 0) is 24.6 Å². The van der Waals surface area contributed by atoms with Crippen LogP contribution in [-0.4, -0.2) is 45.4 Å². The molecule has 2 atom stereocenters. The van der Waals surface area contributed by atoms with Gasteiger partial charge in [-0.1, -0.05) is 6.92 Å². The number of halogens is 5. The SMILES string of the molecule is Cc1c(C(F)(F)F)cnc(N2CCC(F)(F)[C@@H](C)C2)c1C(=O)Nc1ccnc([S@](C)(=N)=O)c1. The van der Waals surface area contributed by atoms with Crippen LogP contribution in [-0.2, 0) is 15.9 Å². The summed E-state index contributed by atoms with van der Waals surface area (Å²) >= 11 is 0. The van der Waals surface area contributed by atoms with Crippen molar-refractivity contribution in [3.63, 3.8) is 0 Å². The summed E-state index contributed by atoms with van der Waals surface area (Å²) in [6.07, 6.45) is -2.38. The number of piperidine rings is 1. The van der Waals surface area contributed by atoms with Crippen molar-refractivity contribution in [1.29, 1.82) is 4.78 Å². The molecule has 3 rings (SSSR count). The zero-order valence-electron chi connectivity index (χ0n) is 18.0. The molecule has 33 heavy (non-hydrogen) atoms. The molecule has 2 aromatic heterocycles. The number of amides is 1. The minimum Gasteiger partial charge on any atom is -0.355 e. The Balaban J connectivity index is 2.06. The third-order valence-corrected chi connectivity index (χ3v) is 6.49. The van der Waals surface area contributed by atoms with Gasteiger partial charge in [0.25, 0.3) is 11.8 Å². The first-order chi connectivity index (χ1) is 15.1. The van der Waals surface area contributed by atoms with E-state index in [1.54, 1.807) is 0 Å². The molecular formula is C20H22F5N5O2S. The molecule has 0 saturated carbocycles. The molecule has 7 nitrogen and oxygen atoms in total. The van der Waals surface area contributed by atoms with Crippen LogP contribution >= 0.6 is 0 Å². The van der Waals surface area contributed by atoms with Gasteiger partial charge in [-0.25, -0.2) is 27.7 Å². The molecule has 1 amide bonds. The number of anilines is 2. The molecule has 3 heterocycles. The van der Waals surface area contributed by atoms with Crippen LogP contribution in [0.3, 0.4) is 0 Å². The first-order valence-electron chi connectivity index (χ1n) is 9.82. The van der Waals surface area contributed by atoms with Gasteiger partial charge in [0.15, 0.2) is 0 Å². The Morgan fingerprint density at radius 3 is 2.58 bits per heavy atom. The van der Waals surface area contributed by atoms with Gasteiger partial charge in [-0.15, -0.1) is 0 Å². The molecule has 0 radical (unpaired) electrons. The van der Waals surface area contributed by atoms with E-state index in [-0.39, 0.29) is 29.6 Å². The standard InChI is InChI=1S/C20H22F5N5O2S/c1-11-10-30(7-5-19(11,21)22)17-16(12(2)14(9-28-17)20(23,24)25)18(31)29-13-4-6-27-15(8-13)33(3,26)32/h4,6,8-9,11,26H,5,7,10H2,1-3H3,(H,27,29,31)/t11-,33+/m0/s1. The van der Waals surface area contributed by atoms with E-state index in [0.717, 1.165) is 13.2 Å². The van der Waals surface area contributed by atoms with Crippen molar-refractivity contribution in [2.75, 3.05) is 29.6 Å². The highest BCUT2D eigenvalue weighted by Gasteiger charge is 2.43. The van der Waals surface area contributed by atoms with Gasteiger partial charge in [0, 0.05) is 49.8 Å². The fourth-order valence-corrected chi connectivity index (χ4v) is 4.17. The summed E-state index contributed by atoms with van der Waals surface area (Å²) in [4.78, 5) is 22.2. The van der Waals surface area contributed by atoms with Crippen LogP contribution in [0, 0.1) is 17.6 Å². The molecule has 0 bridgehead atoms. The van der Waals surface area contributed by atoms with Crippen molar-refractivity contribution >= 4 is 27.1 Å². The Kier molecular flexibility index (Phi) is 6.39. The van der Waals surface area contributed by atoms with Crippen LogP contribution < -0.4 is 10.2 Å². The molecule has 1 aliphatic rings. The Morgan fingerprint density at radius 2 is 2.00 bits per heavy atom. The molecule has 0 aromatic carbocycles. The number of nitrogens with one attached hydrogen (secondary N) is 2. The van der Waals surface area contributed by atoms with Crippen molar-refractivity contribution in [2.45, 2.75) is 37.4 Å². The van der Waals surface area contributed by atoms with Crippen LogP contribution in [0.2, 0.25) is 0 Å². The largest absolute Gasteiger partial charge is 0.418 e. The van der Waals surface area contributed by atoms with E-state index in [0.29, 0.717) is 6.20 Å². The van der Waals surface area contributed by atoms with Gasteiger partial charge in [0.2, 0.25) is 0 Å². The third-order valence-electron chi connectivity index (χ3n) is 5.47. The lowest BCUT2D eigenvalue weighted by Gasteiger charge is -2.38. The monoisotopic (exact) mass is 491 g/mol. The summed E-state index contributed by atoms with van der Waals surface area (Å²) in [6, 6.07) is 2.51. The second-order valence-corrected chi connectivity index (χ2v) is 10.1. The zero-order valence-corrected chi connectivity index (χ0v) is 18.8. The maximum Gasteiger partial charge on any atom is 0.418 e. The Morgan fingerprint density at radius 1 is 1.33 bits per heavy atom. The van der Waals surface area contributed by atoms with E-state index in [9.17, 15) is 31.0 Å². The topological polar surface area (TPSA) is 99.0 Å². The first-order valence-corrected chi connectivity index (χ1v) is 11.8. The summed E-state index contributed by atoms with van der Waals surface area (Å²) in [7, 11) is -3.21. The first kappa shape index (κ1) is 24.8. The predicted octanol–water partition coefficient (Wildman–Crippen LogP) is 4.57. The van der Waals surface area contributed by atoms with Crippen LogP contribution in [0.1, 0.15) is 34.8 Å². The van der Waals surface area contributed by atoms with Gasteiger partial charge in [-0.3, -0.25) is 4.79 Å². The molecule has 1 saturated heterocycles. The predicted molar refractivity (Wildman–Crippen MR) is 112 cm³/mol. The lowest BCUT2D eigenvalue weighted by molar-refractivity contribution is -0.138. The molecule has 0 unspecified atom stereocenters. The average Bonchev–Trinajstić information content (AvgIpc) is 2.68. The minimum atomic E-state index is -4.78.